The van der Waals surface area contributed by atoms with Crippen molar-refractivity contribution in [3.05, 3.63) is 39.6 Å². The van der Waals surface area contributed by atoms with Gasteiger partial charge in [0.05, 0.1) is 30.4 Å². The number of Topliss-reactive ketones (excluding diaryl/α,β-unsaturated/α-hetero) is 1. The summed E-state index contributed by atoms with van der Waals surface area (Å²) >= 11 is 1.47. The zero-order valence-electron chi connectivity index (χ0n) is 16.9. The lowest BCUT2D eigenvalue weighted by molar-refractivity contribution is 0.0369. The Hall–Kier alpha value is -1.96. The van der Waals surface area contributed by atoms with E-state index in [9.17, 15) is 4.79 Å². The SMILES string of the molecule is CCOc1ccc(N=c2sc(C(C)=O)c(C)n2CCCN2CCOCC2)cc1. The lowest BCUT2D eigenvalue weighted by Crippen LogP contribution is -2.37. The number of nitrogens with zero attached hydrogens (tertiary/aromatic N) is 3. The van der Waals surface area contributed by atoms with Crippen LogP contribution in [0.5, 0.6) is 5.75 Å². The van der Waals surface area contributed by atoms with Crippen LogP contribution in [0.4, 0.5) is 5.69 Å². The standard InChI is InChI=1S/C21H29N3O3S/c1-4-27-19-8-6-18(7-9-19)22-21-24(16(2)20(28-21)17(3)25)11-5-10-23-12-14-26-15-13-23/h6-9H,4-5,10-15H2,1-3H3. The highest BCUT2D eigenvalue weighted by Crippen LogP contribution is 2.19. The van der Waals surface area contributed by atoms with E-state index in [0.717, 1.165) is 72.6 Å². The number of hydrogen-bond donors (Lipinski definition) is 0. The first kappa shape index (κ1) is 20.8. The van der Waals surface area contributed by atoms with Gasteiger partial charge in [0.2, 0.25) is 0 Å². The van der Waals surface area contributed by atoms with Crippen molar-refractivity contribution in [1.29, 1.82) is 0 Å². The Kier molecular flexibility index (Phi) is 7.42. The van der Waals surface area contributed by atoms with Crippen LogP contribution in [-0.2, 0) is 11.3 Å². The zero-order chi connectivity index (χ0) is 19.9. The van der Waals surface area contributed by atoms with Gasteiger partial charge in [-0.15, -0.1) is 0 Å². The first-order valence-electron chi connectivity index (χ1n) is 9.87. The number of ether oxygens (including phenoxy) is 2. The number of morpholine rings is 1. The highest BCUT2D eigenvalue weighted by molar-refractivity contribution is 7.11. The minimum absolute atomic E-state index is 0.0950. The maximum Gasteiger partial charge on any atom is 0.190 e. The topological polar surface area (TPSA) is 56.1 Å². The van der Waals surface area contributed by atoms with Gasteiger partial charge in [-0.05, 0) is 44.5 Å². The Morgan fingerprint density at radius 1 is 1.21 bits per heavy atom. The summed E-state index contributed by atoms with van der Waals surface area (Å²) in [6, 6.07) is 7.76. The number of hydrogen-bond acceptors (Lipinski definition) is 6. The fraction of sp³-hybridized carbons (Fsp3) is 0.524. The Morgan fingerprint density at radius 2 is 1.93 bits per heavy atom. The number of carbonyl (C=O) groups is 1. The van der Waals surface area contributed by atoms with Crippen molar-refractivity contribution in [3.63, 3.8) is 0 Å². The van der Waals surface area contributed by atoms with Gasteiger partial charge in [0.1, 0.15) is 5.75 Å². The first-order valence-corrected chi connectivity index (χ1v) is 10.7. The van der Waals surface area contributed by atoms with Crippen LogP contribution in [0.25, 0.3) is 0 Å². The summed E-state index contributed by atoms with van der Waals surface area (Å²) in [6.45, 7) is 11.8. The second kappa shape index (κ2) is 10.0. The number of rotatable bonds is 8. The molecule has 0 unspecified atom stereocenters. The molecular formula is C21H29N3O3S. The van der Waals surface area contributed by atoms with Crippen LogP contribution in [0.2, 0.25) is 0 Å². The summed E-state index contributed by atoms with van der Waals surface area (Å²) < 4.78 is 13.1. The second-order valence-electron chi connectivity index (χ2n) is 6.85. The lowest BCUT2D eigenvalue weighted by Gasteiger charge is -2.26. The van der Waals surface area contributed by atoms with Gasteiger partial charge in [0.25, 0.3) is 0 Å². The van der Waals surface area contributed by atoms with Gasteiger partial charge in [-0.1, -0.05) is 11.3 Å². The normalized spacial score (nSPS) is 15.8. The van der Waals surface area contributed by atoms with Crippen LogP contribution in [0.1, 0.15) is 35.6 Å². The van der Waals surface area contributed by atoms with Crippen molar-refractivity contribution >= 4 is 22.8 Å². The summed E-state index contributed by atoms with van der Waals surface area (Å²) in [5, 5.41) is 0. The zero-order valence-corrected chi connectivity index (χ0v) is 17.8. The molecule has 1 aliphatic rings. The summed E-state index contributed by atoms with van der Waals surface area (Å²) in [5.41, 5.74) is 1.87. The molecule has 152 valence electrons. The van der Waals surface area contributed by atoms with Crippen molar-refractivity contribution in [2.24, 2.45) is 4.99 Å². The third-order valence-corrected chi connectivity index (χ3v) is 6.09. The van der Waals surface area contributed by atoms with Crippen LogP contribution < -0.4 is 9.54 Å². The predicted molar refractivity (Wildman–Crippen MR) is 112 cm³/mol. The van der Waals surface area contributed by atoms with Crippen LogP contribution in [0.3, 0.4) is 0 Å². The van der Waals surface area contributed by atoms with E-state index in [1.165, 1.54) is 11.3 Å². The van der Waals surface area contributed by atoms with E-state index in [0.29, 0.717) is 6.61 Å². The molecule has 7 heteroatoms. The van der Waals surface area contributed by atoms with E-state index in [-0.39, 0.29) is 5.78 Å². The van der Waals surface area contributed by atoms with Crippen LogP contribution in [-0.4, -0.2) is 54.7 Å². The Balaban J connectivity index is 1.80. The van der Waals surface area contributed by atoms with Gasteiger partial charge >= 0.3 is 0 Å². The highest BCUT2D eigenvalue weighted by atomic mass is 32.1. The lowest BCUT2D eigenvalue weighted by atomic mass is 10.3. The third-order valence-electron chi connectivity index (χ3n) is 4.81. The number of aromatic nitrogens is 1. The van der Waals surface area contributed by atoms with Gasteiger partial charge in [-0.3, -0.25) is 9.69 Å². The van der Waals surface area contributed by atoms with Gasteiger partial charge in [-0.2, -0.15) is 0 Å². The molecule has 0 spiro atoms. The van der Waals surface area contributed by atoms with Gasteiger partial charge in [-0.25, -0.2) is 4.99 Å². The maximum absolute atomic E-state index is 12.0. The maximum atomic E-state index is 12.0. The predicted octanol–water partition coefficient (Wildman–Crippen LogP) is 3.41. The molecule has 0 amide bonds. The Morgan fingerprint density at radius 3 is 2.57 bits per heavy atom. The largest absolute Gasteiger partial charge is 0.494 e. The van der Waals surface area contributed by atoms with E-state index >= 15 is 0 Å². The fourth-order valence-electron chi connectivity index (χ4n) is 3.33. The van der Waals surface area contributed by atoms with Crippen LogP contribution in [0.15, 0.2) is 29.3 Å². The summed E-state index contributed by atoms with van der Waals surface area (Å²) in [6.07, 6.45) is 1.02. The summed E-state index contributed by atoms with van der Waals surface area (Å²) in [5.74, 6) is 0.934. The summed E-state index contributed by atoms with van der Waals surface area (Å²) in [7, 11) is 0. The van der Waals surface area contributed by atoms with E-state index in [1.54, 1.807) is 6.92 Å². The number of benzene rings is 1. The van der Waals surface area contributed by atoms with Crippen molar-refractivity contribution in [2.75, 3.05) is 39.5 Å². The molecule has 0 atom stereocenters. The van der Waals surface area contributed by atoms with Crippen molar-refractivity contribution < 1.29 is 14.3 Å². The molecular weight excluding hydrogens is 374 g/mol. The molecule has 3 rings (SSSR count). The van der Waals surface area contributed by atoms with Gasteiger partial charge in [0, 0.05) is 38.8 Å². The monoisotopic (exact) mass is 403 g/mol. The molecule has 1 fully saturated rings. The molecule has 1 aromatic heterocycles. The molecule has 28 heavy (non-hydrogen) atoms. The highest BCUT2D eigenvalue weighted by Gasteiger charge is 2.15. The second-order valence-corrected chi connectivity index (χ2v) is 7.83. The average Bonchev–Trinajstić information content (AvgIpc) is 3.00. The molecule has 0 N–H and O–H groups in total. The third kappa shape index (κ3) is 5.31. The molecule has 2 heterocycles. The molecule has 2 aromatic rings. The van der Waals surface area contributed by atoms with E-state index in [1.807, 2.05) is 38.1 Å². The van der Waals surface area contributed by atoms with Crippen molar-refractivity contribution in [2.45, 2.75) is 33.7 Å². The Labute approximate surface area is 170 Å². The molecule has 1 saturated heterocycles. The quantitative estimate of drug-likeness (QED) is 0.634. The molecule has 0 aliphatic carbocycles. The van der Waals surface area contributed by atoms with E-state index in [2.05, 4.69) is 9.47 Å². The molecule has 0 bridgehead atoms. The van der Waals surface area contributed by atoms with Crippen molar-refractivity contribution in [1.82, 2.24) is 9.47 Å². The number of thiazole rings is 1. The van der Waals surface area contributed by atoms with E-state index in [4.69, 9.17) is 14.5 Å². The average molecular weight is 404 g/mol. The van der Waals surface area contributed by atoms with Crippen LogP contribution >= 0.6 is 11.3 Å². The van der Waals surface area contributed by atoms with Gasteiger partial charge in [0.15, 0.2) is 10.6 Å². The number of carbonyl (C=O) groups excluding carboxylic acids is 1. The molecule has 1 aromatic carbocycles. The molecule has 6 nitrogen and oxygen atoms in total. The van der Waals surface area contributed by atoms with E-state index < -0.39 is 0 Å². The summed E-state index contributed by atoms with van der Waals surface area (Å²) in [4.78, 5) is 20.9. The van der Waals surface area contributed by atoms with Crippen molar-refractivity contribution in [3.8, 4) is 5.75 Å². The Bertz CT molecular complexity index is 849. The first-order chi connectivity index (χ1) is 13.6. The van der Waals surface area contributed by atoms with Gasteiger partial charge < -0.3 is 14.0 Å². The molecule has 1 aliphatic heterocycles. The molecule has 0 saturated carbocycles. The van der Waals surface area contributed by atoms with Crippen LogP contribution in [0, 0.1) is 6.92 Å². The number of ketones is 1. The smallest absolute Gasteiger partial charge is 0.190 e. The minimum Gasteiger partial charge on any atom is -0.494 e. The minimum atomic E-state index is 0.0950. The fourth-order valence-corrected chi connectivity index (χ4v) is 4.40. The molecule has 0 radical (unpaired) electrons.